The van der Waals surface area contributed by atoms with Crippen molar-refractivity contribution in [2.45, 2.75) is 38.3 Å². The van der Waals surface area contributed by atoms with E-state index in [9.17, 15) is 9.59 Å². The van der Waals surface area contributed by atoms with Gasteiger partial charge in [-0.1, -0.05) is 53.5 Å². The summed E-state index contributed by atoms with van der Waals surface area (Å²) in [5.74, 6) is 1.10. The molecule has 6 rings (SSSR count). The van der Waals surface area contributed by atoms with E-state index < -0.39 is 6.04 Å². The smallest absolute Gasteiger partial charge is 0.255 e. The predicted octanol–water partition coefficient (Wildman–Crippen LogP) is 6.64. The van der Waals surface area contributed by atoms with Gasteiger partial charge in [0, 0.05) is 43.5 Å². The van der Waals surface area contributed by atoms with Crippen LogP contribution in [-0.4, -0.2) is 61.7 Å². The first-order valence-corrected chi connectivity index (χ1v) is 15.0. The van der Waals surface area contributed by atoms with Crippen LogP contribution in [0.4, 0.5) is 5.82 Å². The van der Waals surface area contributed by atoms with Crippen molar-refractivity contribution in [3.05, 3.63) is 94.0 Å². The van der Waals surface area contributed by atoms with Crippen LogP contribution in [0.2, 0.25) is 10.0 Å². The number of hydrogen-bond donors (Lipinski definition) is 2. The van der Waals surface area contributed by atoms with Gasteiger partial charge in [-0.3, -0.25) is 9.59 Å². The summed E-state index contributed by atoms with van der Waals surface area (Å²) >= 11 is 12.9. The van der Waals surface area contributed by atoms with Crippen molar-refractivity contribution in [2.75, 3.05) is 25.5 Å². The van der Waals surface area contributed by atoms with Crippen molar-refractivity contribution >= 4 is 62.8 Å². The highest BCUT2D eigenvalue weighted by molar-refractivity contribution is 6.35. The average Bonchev–Trinajstić information content (AvgIpc) is 3.69. The summed E-state index contributed by atoms with van der Waals surface area (Å²) in [5, 5.41) is 5.08. The molecular weight excluding hydrogens is 585 g/mol. The largest absolute Gasteiger partial charge is 0.359 e. The fraction of sp³-hybridized carbons (Fsp3) is 0.281. The molecule has 0 radical (unpaired) electrons. The Morgan fingerprint density at radius 1 is 1.02 bits per heavy atom. The molecule has 9 nitrogen and oxygen atoms in total. The Kier molecular flexibility index (Phi) is 8.44. The maximum absolute atomic E-state index is 13.2. The second-order valence-electron chi connectivity index (χ2n) is 10.8. The second kappa shape index (κ2) is 12.6. The van der Waals surface area contributed by atoms with E-state index in [1.54, 1.807) is 29.2 Å². The van der Waals surface area contributed by atoms with E-state index in [2.05, 4.69) is 20.3 Å². The van der Waals surface area contributed by atoms with Gasteiger partial charge in [-0.15, -0.1) is 0 Å². The molecule has 1 unspecified atom stereocenters. The Morgan fingerprint density at radius 2 is 1.81 bits per heavy atom. The SMILES string of the molecule is CN(Cc1ccccc1)C(=O)CCC(Nc1ncnc2cc(C(=O)N3CCCC3)c(Cl)cc12)c1nc2cc(Cl)ccc2[nH]1. The van der Waals surface area contributed by atoms with Crippen LogP contribution in [-0.2, 0) is 11.3 Å². The maximum Gasteiger partial charge on any atom is 0.255 e. The van der Waals surface area contributed by atoms with Gasteiger partial charge in [-0.25, -0.2) is 15.0 Å². The van der Waals surface area contributed by atoms with Crippen LogP contribution in [0.15, 0.2) is 67.0 Å². The van der Waals surface area contributed by atoms with Crippen molar-refractivity contribution in [1.29, 1.82) is 0 Å². The van der Waals surface area contributed by atoms with Gasteiger partial charge in [0.05, 0.1) is 33.2 Å². The number of likely N-dealkylation sites (tertiary alicyclic amines) is 1. The Balaban J connectivity index is 1.28. The van der Waals surface area contributed by atoms with E-state index >= 15 is 0 Å². The number of hydrogen-bond acceptors (Lipinski definition) is 6. The minimum absolute atomic E-state index is 0.00969. The average molecular weight is 617 g/mol. The van der Waals surface area contributed by atoms with E-state index in [-0.39, 0.29) is 18.2 Å². The van der Waals surface area contributed by atoms with Gasteiger partial charge in [0.15, 0.2) is 0 Å². The number of anilines is 1. The van der Waals surface area contributed by atoms with Gasteiger partial charge in [0.25, 0.3) is 5.91 Å². The summed E-state index contributed by atoms with van der Waals surface area (Å²) < 4.78 is 0. The lowest BCUT2D eigenvalue weighted by Crippen LogP contribution is -2.28. The van der Waals surface area contributed by atoms with Crippen LogP contribution in [0.5, 0.6) is 0 Å². The Bertz CT molecular complexity index is 1790. The molecule has 1 atom stereocenters. The fourth-order valence-corrected chi connectivity index (χ4v) is 5.87. The number of nitrogens with one attached hydrogen (secondary N) is 2. The number of benzene rings is 3. The molecule has 2 aromatic heterocycles. The molecule has 2 amide bonds. The summed E-state index contributed by atoms with van der Waals surface area (Å²) in [4.78, 5) is 47.0. The van der Waals surface area contributed by atoms with Crippen LogP contribution in [0, 0.1) is 0 Å². The summed E-state index contributed by atoms with van der Waals surface area (Å²) in [6.07, 6.45) is 4.16. The van der Waals surface area contributed by atoms with E-state index in [0.29, 0.717) is 51.1 Å². The molecule has 1 saturated heterocycles. The minimum Gasteiger partial charge on any atom is -0.359 e. The highest BCUT2D eigenvalue weighted by atomic mass is 35.5. The molecule has 11 heteroatoms. The molecule has 2 N–H and O–H groups in total. The van der Waals surface area contributed by atoms with Gasteiger partial charge in [0.2, 0.25) is 5.91 Å². The van der Waals surface area contributed by atoms with Crippen LogP contribution in [0.25, 0.3) is 21.9 Å². The third-order valence-electron chi connectivity index (χ3n) is 7.79. The molecule has 1 fully saturated rings. The van der Waals surface area contributed by atoms with Gasteiger partial charge in [0.1, 0.15) is 18.0 Å². The molecule has 220 valence electrons. The van der Waals surface area contributed by atoms with Crippen LogP contribution >= 0.6 is 23.2 Å². The first-order chi connectivity index (χ1) is 20.9. The standard InChI is InChI=1S/C32H31Cl2N7O2/c1-40(18-20-7-3-2-4-8-20)29(42)12-11-26(31-37-25-10-9-21(33)15-28(25)39-31)38-30-23-16-24(34)22(17-27(23)35-19-36-30)32(43)41-13-5-6-14-41/h2-4,7-10,15-17,19,26H,5-6,11-14,18H2,1H3,(H,37,39)(H,35,36,38). The molecular formula is C32H31Cl2N7O2. The molecule has 3 aromatic carbocycles. The molecule has 43 heavy (non-hydrogen) atoms. The number of nitrogens with zero attached hydrogens (tertiary/aromatic N) is 5. The highest BCUT2D eigenvalue weighted by Gasteiger charge is 2.24. The Hall–Kier alpha value is -4.21. The Labute approximate surface area is 259 Å². The summed E-state index contributed by atoms with van der Waals surface area (Å²) in [6.45, 7) is 1.98. The van der Waals surface area contributed by atoms with Gasteiger partial charge in [-0.2, -0.15) is 0 Å². The van der Waals surface area contributed by atoms with E-state index in [4.69, 9.17) is 28.2 Å². The first kappa shape index (κ1) is 28.9. The van der Waals surface area contributed by atoms with Crippen LogP contribution in [0.1, 0.15) is 53.5 Å². The highest BCUT2D eigenvalue weighted by Crippen LogP contribution is 2.32. The number of aromatic nitrogens is 4. The summed E-state index contributed by atoms with van der Waals surface area (Å²) in [5.41, 5.74) is 3.65. The molecule has 0 aliphatic carbocycles. The lowest BCUT2D eigenvalue weighted by molar-refractivity contribution is -0.130. The van der Waals surface area contributed by atoms with Crippen molar-refractivity contribution in [3.8, 4) is 0 Å². The number of carbonyl (C=O) groups is 2. The number of H-pyrrole nitrogens is 1. The maximum atomic E-state index is 13.2. The first-order valence-electron chi connectivity index (χ1n) is 14.3. The molecule has 0 saturated carbocycles. The van der Waals surface area contributed by atoms with Crippen LogP contribution < -0.4 is 5.32 Å². The van der Waals surface area contributed by atoms with Crippen molar-refractivity contribution in [2.24, 2.45) is 0 Å². The number of fused-ring (bicyclic) bond motifs is 2. The van der Waals surface area contributed by atoms with Gasteiger partial charge < -0.3 is 20.1 Å². The number of rotatable bonds is 9. The third-order valence-corrected chi connectivity index (χ3v) is 8.34. The fourth-order valence-electron chi connectivity index (χ4n) is 5.46. The monoisotopic (exact) mass is 615 g/mol. The topological polar surface area (TPSA) is 107 Å². The number of halogens is 2. The molecule has 5 aromatic rings. The quantitative estimate of drug-likeness (QED) is 0.192. The van der Waals surface area contributed by atoms with E-state index in [0.717, 1.165) is 42.5 Å². The van der Waals surface area contributed by atoms with Gasteiger partial charge in [-0.05, 0) is 55.2 Å². The van der Waals surface area contributed by atoms with Crippen molar-refractivity contribution < 1.29 is 9.59 Å². The third kappa shape index (κ3) is 6.43. The zero-order valence-corrected chi connectivity index (χ0v) is 25.2. The number of imidazole rings is 1. The molecule has 1 aliphatic heterocycles. The zero-order chi connectivity index (χ0) is 29.9. The van der Waals surface area contributed by atoms with Crippen molar-refractivity contribution in [3.63, 3.8) is 0 Å². The number of aromatic amines is 1. The number of carbonyl (C=O) groups excluding carboxylic acids is 2. The normalized spacial score (nSPS) is 13.9. The summed E-state index contributed by atoms with van der Waals surface area (Å²) in [6, 6.07) is 18.4. The van der Waals surface area contributed by atoms with Gasteiger partial charge >= 0.3 is 0 Å². The van der Waals surface area contributed by atoms with E-state index in [1.165, 1.54) is 6.33 Å². The predicted molar refractivity (Wildman–Crippen MR) is 169 cm³/mol. The molecule has 0 spiro atoms. The molecule has 0 bridgehead atoms. The minimum atomic E-state index is -0.400. The Morgan fingerprint density at radius 3 is 2.60 bits per heavy atom. The summed E-state index contributed by atoms with van der Waals surface area (Å²) in [7, 11) is 1.81. The lowest BCUT2D eigenvalue weighted by atomic mass is 10.1. The number of amides is 2. The van der Waals surface area contributed by atoms with Crippen LogP contribution in [0.3, 0.4) is 0 Å². The van der Waals surface area contributed by atoms with Crippen molar-refractivity contribution in [1.82, 2.24) is 29.7 Å². The molecule has 1 aliphatic rings. The lowest BCUT2D eigenvalue weighted by Gasteiger charge is -2.21. The second-order valence-corrected chi connectivity index (χ2v) is 11.7. The van der Waals surface area contributed by atoms with E-state index in [1.807, 2.05) is 48.3 Å². The zero-order valence-electron chi connectivity index (χ0n) is 23.7. The molecule has 3 heterocycles.